The third-order valence-corrected chi connectivity index (χ3v) is 7.15. The highest BCUT2D eigenvalue weighted by atomic mass is 35.5. The normalized spacial score (nSPS) is 13.2. The van der Waals surface area contributed by atoms with Crippen molar-refractivity contribution in [2.75, 3.05) is 13.2 Å². The predicted molar refractivity (Wildman–Crippen MR) is 159 cm³/mol. The van der Waals surface area contributed by atoms with E-state index in [2.05, 4.69) is 0 Å². The maximum Gasteiger partial charge on any atom is 0.254 e. The summed E-state index contributed by atoms with van der Waals surface area (Å²) in [6.45, 7) is 7.80. The largest absolute Gasteiger partial charge is 0.328 e. The van der Waals surface area contributed by atoms with E-state index in [9.17, 15) is 13.6 Å². The van der Waals surface area contributed by atoms with E-state index in [0.717, 1.165) is 11.1 Å². The third-order valence-electron chi connectivity index (χ3n) is 6.92. The van der Waals surface area contributed by atoms with Crippen molar-refractivity contribution in [3.05, 3.63) is 106 Å². The van der Waals surface area contributed by atoms with Crippen LogP contribution in [0.1, 0.15) is 60.5 Å². The number of nitrogens with zero attached hydrogens (tertiary/aromatic N) is 4. The lowest BCUT2D eigenvalue weighted by Crippen LogP contribution is -2.44. The first kappa shape index (κ1) is 30.3. The lowest BCUT2D eigenvalue weighted by atomic mass is 9.84. The average molecular weight is 580 g/mol. The minimum atomic E-state index is -0.720. The summed E-state index contributed by atoms with van der Waals surface area (Å²) in [6.07, 6.45) is 0.253. The fraction of sp³-hybridized carbons (Fsp3) is 0.344. The number of carbonyl (C=O) groups excluding carboxylic acids is 1. The van der Waals surface area contributed by atoms with Crippen molar-refractivity contribution in [3.8, 4) is 11.4 Å². The molecule has 0 spiro atoms. The van der Waals surface area contributed by atoms with Crippen molar-refractivity contribution in [1.82, 2.24) is 19.7 Å². The van der Waals surface area contributed by atoms with Gasteiger partial charge in [-0.15, -0.1) is 0 Å². The molecule has 1 amide bonds. The van der Waals surface area contributed by atoms with Gasteiger partial charge in [0.15, 0.2) is 11.6 Å². The van der Waals surface area contributed by atoms with Gasteiger partial charge in [0.1, 0.15) is 12.5 Å². The van der Waals surface area contributed by atoms with E-state index < -0.39 is 30.0 Å². The Labute approximate surface area is 245 Å². The molecule has 216 valence electrons. The molecule has 4 rings (SSSR count). The van der Waals surface area contributed by atoms with E-state index in [0.29, 0.717) is 23.0 Å². The smallest absolute Gasteiger partial charge is 0.254 e. The zero-order valence-electron chi connectivity index (χ0n) is 23.8. The van der Waals surface area contributed by atoms with Gasteiger partial charge in [0.25, 0.3) is 5.91 Å². The topological polar surface area (TPSA) is 77.0 Å². The molecule has 4 aromatic rings. The summed E-state index contributed by atoms with van der Waals surface area (Å²) >= 11 is 6.21. The zero-order valence-corrected chi connectivity index (χ0v) is 24.6. The molecule has 0 saturated heterocycles. The number of nitrogens with two attached hydrogens (primary N) is 1. The van der Waals surface area contributed by atoms with Gasteiger partial charge in [-0.3, -0.25) is 4.79 Å². The van der Waals surface area contributed by atoms with Crippen LogP contribution in [-0.2, 0) is 6.54 Å². The summed E-state index contributed by atoms with van der Waals surface area (Å²) in [5, 5.41) is 5.09. The lowest BCUT2D eigenvalue weighted by molar-refractivity contribution is 0.0469. The molecule has 41 heavy (non-hydrogen) atoms. The van der Waals surface area contributed by atoms with E-state index in [1.54, 1.807) is 21.7 Å². The Balaban J connectivity index is 1.90. The average Bonchev–Trinajstić information content (AvgIpc) is 3.34. The maximum absolute atomic E-state index is 15.0. The number of hydrogen-bond acceptors (Lipinski definition) is 4. The van der Waals surface area contributed by atoms with Crippen molar-refractivity contribution >= 4 is 17.5 Å². The Hall–Kier alpha value is -3.62. The lowest BCUT2D eigenvalue weighted by Gasteiger charge is -2.40. The molecule has 2 N–H and O–H groups in total. The van der Waals surface area contributed by atoms with Gasteiger partial charge >= 0.3 is 0 Å². The first-order chi connectivity index (χ1) is 19.5. The molecule has 3 aromatic carbocycles. The predicted octanol–water partition coefficient (Wildman–Crippen LogP) is 7.01. The van der Waals surface area contributed by atoms with Crippen LogP contribution in [0.2, 0.25) is 5.02 Å². The van der Waals surface area contributed by atoms with Crippen molar-refractivity contribution in [2.24, 2.45) is 11.1 Å². The summed E-state index contributed by atoms with van der Waals surface area (Å²) < 4.78 is 30.1. The highest BCUT2D eigenvalue weighted by Gasteiger charge is 2.39. The molecule has 0 aliphatic carbocycles. The van der Waals surface area contributed by atoms with Gasteiger partial charge in [-0.2, -0.15) is 5.10 Å². The summed E-state index contributed by atoms with van der Waals surface area (Å²) in [7, 11) is 0. The molecule has 0 bridgehead atoms. The number of aryl methyl sites for hydroxylation is 1. The number of benzene rings is 3. The number of aromatic nitrogens is 3. The fourth-order valence-corrected chi connectivity index (χ4v) is 4.97. The second-order valence-electron chi connectivity index (χ2n) is 11.4. The first-order valence-corrected chi connectivity index (χ1v) is 14.0. The Morgan fingerprint density at radius 2 is 1.76 bits per heavy atom. The van der Waals surface area contributed by atoms with Crippen LogP contribution in [0.3, 0.4) is 0 Å². The van der Waals surface area contributed by atoms with Crippen molar-refractivity contribution < 1.29 is 13.6 Å². The number of carbonyl (C=O) groups is 1. The van der Waals surface area contributed by atoms with Crippen LogP contribution in [0.5, 0.6) is 0 Å². The van der Waals surface area contributed by atoms with Gasteiger partial charge in [-0.1, -0.05) is 80.4 Å². The van der Waals surface area contributed by atoms with Gasteiger partial charge in [0.2, 0.25) is 0 Å². The molecule has 0 radical (unpaired) electrons. The van der Waals surface area contributed by atoms with E-state index in [-0.39, 0.29) is 30.3 Å². The summed E-state index contributed by atoms with van der Waals surface area (Å²) in [5.41, 5.74) is 8.06. The standard InChI is InChI=1S/C32H36ClF2N5O/c1-21-10-12-23(13-11-21)31(41)39(17-16-25(36)19-34)28(32(2,3)4)30-37-29(26-18-24(33)14-15-27(26)35)38-40(30)20-22-8-6-5-7-9-22/h5-15,18,25,28H,16-17,19-20,36H2,1-4H3/t25?,28-/m0/s1. The molecule has 1 unspecified atom stereocenters. The minimum absolute atomic E-state index is 0.161. The second kappa shape index (κ2) is 12.9. The molecular formula is C32H36ClF2N5O. The van der Waals surface area contributed by atoms with E-state index in [1.807, 2.05) is 70.2 Å². The molecule has 2 atom stereocenters. The first-order valence-electron chi connectivity index (χ1n) is 13.6. The molecule has 0 fully saturated rings. The van der Waals surface area contributed by atoms with Crippen molar-refractivity contribution in [3.63, 3.8) is 0 Å². The molecule has 6 nitrogen and oxygen atoms in total. The molecule has 1 heterocycles. The van der Waals surface area contributed by atoms with Gasteiger partial charge in [-0.05, 0) is 54.7 Å². The highest BCUT2D eigenvalue weighted by molar-refractivity contribution is 6.30. The third kappa shape index (κ3) is 7.37. The second-order valence-corrected chi connectivity index (χ2v) is 11.8. The summed E-state index contributed by atoms with van der Waals surface area (Å²) in [4.78, 5) is 20.7. The molecule has 9 heteroatoms. The molecule has 1 aromatic heterocycles. The van der Waals surface area contributed by atoms with Crippen molar-refractivity contribution in [1.29, 1.82) is 0 Å². The van der Waals surface area contributed by atoms with Crippen molar-refractivity contribution in [2.45, 2.75) is 52.7 Å². The van der Waals surface area contributed by atoms with Crippen LogP contribution >= 0.6 is 11.6 Å². The summed E-state index contributed by atoms with van der Waals surface area (Å²) in [5.74, 6) is -0.106. The van der Waals surface area contributed by atoms with Gasteiger partial charge in [0, 0.05) is 23.2 Å². The number of halogens is 3. The maximum atomic E-state index is 15.0. The van der Waals surface area contributed by atoms with Gasteiger partial charge in [-0.25, -0.2) is 18.4 Å². The fourth-order valence-electron chi connectivity index (χ4n) is 4.80. The van der Waals surface area contributed by atoms with E-state index in [1.165, 1.54) is 18.2 Å². The number of hydrogen-bond donors (Lipinski definition) is 1. The monoisotopic (exact) mass is 579 g/mol. The quantitative estimate of drug-likeness (QED) is 0.219. The zero-order chi connectivity index (χ0) is 29.7. The molecule has 0 aliphatic heterocycles. The van der Waals surface area contributed by atoms with Gasteiger partial charge in [0.05, 0.1) is 18.2 Å². The minimum Gasteiger partial charge on any atom is -0.328 e. The van der Waals surface area contributed by atoms with Gasteiger partial charge < -0.3 is 10.6 Å². The molecular weight excluding hydrogens is 544 g/mol. The van der Waals surface area contributed by atoms with Crippen LogP contribution in [0.15, 0.2) is 72.8 Å². The number of rotatable bonds is 10. The molecule has 0 aliphatic rings. The van der Waals surface area contributed by atoms with Crippen LogP contribution in [0.25, 0.3) is 11.4 Å². The van der Waals surface area contributed by atoms with E-state index >= 15 is 0 Å². The Kier molecular flexibility index (Phi) is 9.56. The van der Waals surface area contributed by atoms with Crippen LogP contribution in [-0.4, -0.2) is 44.8 Å². The number of alkyl halides is 1. The highest BCUT2D eigenvalue weighted by Crippen LogP contribution is 2.39. The Bertz CT molecular complexity index is 1470. The van der Waals surface area contributed by atoms with Crippen LogP contribution in [0, 0.1) is 18.2 Å². The SMILES string of the molecule is Cc1ccc(C(=O)N(CCC(N)CF)[C@@H](c2nc(-c3cc(Cl)ccc3F)nn2Cc2ccccc2)C(C)(C)C)cc1. The number of amides is 1. The molecule has 0 saturated carbocycles. The van der Waals surface area contributed by atoms with Crippen LogP contribution in [0.4, 0.5) is 8.78 Å². The Morgan fingerprint density at radius 1 is 1.07 bits per heavy atom. The van der Waals surface area contributed by atoms with Crippen LogP contribution < -0.4 is 5.73 Å². The van der Waals surface area contributed by atoms with E-state index in [4.69, 9.17) is 27.4 Å². The summed E-state index contributed by atoms with van der Waals surface area (Å²) in [6, 6.07) is 19.9. The Morgan fingerprint density at radius 3 is 2.39 bits per heavy atom.